The van der Waals surface area contributed by atoms with Gasteiger partial charge in [0.2, 0.25) is 5.91 Å². The van der Waals surface area contributed by atoms with Gasteiger partial charge in [-0.2, -0.15) is 0 Å². The van der Waals surface area contributed by atoms with Gasteiger partial charge in [0.05, 0.1) is 18.6 Å². The fourth-order valence-electron chi connectivity index (χ4n) is 4.11. The third-order valence-corrected chi connectivity index (χ3v) is 6.64. The summed E-state index contributed by atoms with van der Waals surface area (Å²) in [7, 11) is 1.59. The monoisotopic (exact) mass is 437 g/mol. The molecule has 1 saturated carbocycles. The SMILES string of the molecule is COc1ccccc1NC(=O)CSc1nnc(-c2cccnc2)n1[C@H]1CCCC[C@H]1C. The van der Waals surface area contributed by atoms with Gasteiger partial charge in [-0.15, -0.1) is 10.2 Å². The molecular weight excluding hydrogens is 410 g/mol. The third kappa shape index (κ3) is 4.90. The molecule has 2 heterocycles. The molecule has 1 amide bonds. The maximum atomic E-state index is 12.6. The zero-order valence-electron chi connectivity index (χ0n) is 17.8. The number of methoxy groups -OCH3 is 1. The molecule has 1 aromatic carbocycles. The second-order valence-corrected chi connectivity index (χ2v) is 8.73. The van der Waals surface area contributed by atoms with Crippen LogP contribution in [0.3, 0.4) is 0 Å². The molecule has 3 aromatic rings. The summed E-state index contributed by atoms with van der Waals surface area (Å²) in [5, 5.41) is 12.6. The van der Waals surface area contributed by atoms with E-state index in [0.717, 1.165) is 23.0 Å². The van der Waals surface area contributed by atoms with Gasteiger partial charge >= 0.3 is 0 Å². The maximum Gasteiger partial charge on any atom is 0.234 e. The second kappa shape index (κ2) is 9.96. The highest BCUT2D eigenvalue weighted by molar-refractivity contribution is 7.99. The first-order valence-corrected chi connectivity index (χ1v) is 11.6. The van der Waals surface area contributed by atoms with E-state index in [1.54, 1.807) is 13.3 Å². The van der Waals surface area contributed by atoms with Gasteiger partial charge in [-0.1, -0.05) is 43.7 Å². The van der Waals surface area contributed by atoms with E-state index in [1.165, 1.54) is 31.0 Å². The van der Waals surface area contributed by atoms with Crippen LogP contribution in [0.15, 0.2) is 53.9 Å². The van der Waals surface area contributed by atoms with Gasteiger partial charge in [0.25, 0.3) is 0 Å². The van der Waals surface area contributed by atoms with Crippen molar-refractivity contribution in [2.24, 2.45) is 5.92 Å². The van der Waals surface area contributed by atoms with E-state index in [4.69, 9.17) is 4.74 Å². The van der Waals surface area contributed by atoms with Crippen LogP contribution in [0.25, 0.3) is 11.4 Å². The van der Waals surface area contributed by atoms with Crippen molar-refractivity contribution < 1.29 is 9.53 Å². The average molecular weight is 438 g/mol. The number of anilines is 1. The first-order valence-electron chi connectivity index (χ1n) is 10.6. The first kappa shape index (κ1) is 21.4. The summed E-state index contributed by atoms with van der Waals surface area (Å²) in [6.07, 6.45) is 8.30. The number of para-hydroxylation sites is 2. The highest BCUT2D eigenvalue weighted by Crippen LogP contribution is 2.38. The van der Waals surface area contributed by atoms with Gasteiger partial charge in [0.15, 0.2) is 11.0 Å². The van der Waals surface area contributed by atoms with E-state index in [0.29, 0.717) is 23.4 Å². The number of rotatable bonds is 7. The lowest BCUT2D eigenvalue weighted by atomic mass is 9.85. The van der Waals surface area contributed by atoms with Crippen molar-refractivity contribution in [3.63, 3.8) is 0 Å². The van der Waals surface area contributed by atoms with Crippen LogP contribution in [-0.4, -0.2) is 38.5 Å². The lowest BCUT2D eigenvalue weighted by molar-refractivity contribution is -0.113. The Hall–Kier alpha value is -2.87. The van der Waals surface area contributed by atoms with Gasteiger partial charge in [-0.05, 0) is 43.0 Å². The van der Waals surface area contributed by atoms with E-state index in [-0.39, 0.29) is 11.7 Å². The highest BCUT2D eigenvalue weighted by atomic mass is 32.2. The van der Waals surface area contributed by atoms with Gasteiger partial charge in [0, 0.05) is 24.0 Å². The maximum absolute atomic E-state index is 12.6. The largest absolute Gasteiger partial charge is 0.495 e. The number of carbonyl (C=O) groups is 1. The Kier molecular flexibility index (Phi) is 6.86. The van der Waals surface area contributed by atoms with E-state index in [9.17, 15) is 4.79 Å². The second-order valence-electron chi connectivity index (χ2n) is 7.78. The summed E-state index contributed by atoms with van der Waals surface area (Å²) in [5.41, 5.74) is 1.60. The normalized spacial score (nSPS) is 18.5. The molecule has 0 aliphatic heterocycles. The van der Waals surface area contributed by atoms with Gasteiger partial charge in [-0.25, -0.2) is 0 Å². The molecule has 1 aliphatic carbocycles. The summed E-state index contributed by atoms with van der Waals surface area (Å²) in [6.45, 7) is 2.29. The van der Waals surface area contributed by atoms with Gasteiger partial charge in [0.1, 0.15) is 5.75 Å². The number of amides is 1. The Bertz CT molecular complexity index is 1020. The topological polar surface area (TPSA) is 81.9 Å². The zero-order chi connectivity index (χ0) is 21.6. The number of nitrogens with zero attached hydrogens (tertiary/aromatic N) is 4. The van der Waals surface area contributed by atoms with Crippen LogP contribution < -0.4 is 10.1 Å². The van der Waals surface area contributed by atoms with Crippen molar-refractivity contribution in [3.8, 4) is 17.1 Å². The predicted octanol–water partition coefficient (Wildman–Crippen LogP) is 4.83. The number of nitrogens with one attached hydrogen (secondary N) is 1. The smallest absolute Gasteiger partial charge is 0.234 e. The summed E-state index contributed by atoms with van der Waals surface area (Å²) in [5.74, 6) is 2.12. The van der Waals surface area contributed by atoms with Crippen molar-refractivity contribution in [2.45, 2.75) is 43.8 Å². The third-order valence-electron chi connectivity index (χ3n) is 5.70. The molecule has 0 bridgehead atoms. The summed E-state index contributed by atoms with van der Waals surface area (Å²) in [6, 6.07) is 11.6. The number of ether oxygens (including phenoxy) is 1. The molecule has 2 aromatic heterocycles. The van der Waals surface area contributed by atoms with Crippen LogP contribution in [0, 0.1) is 5.92 Å². The minimum Gasteiger partial charge on any atom is -0.495 e. The predicted molar refractivity (Wildman–Crippen MR) is 122 cm³/mol. The fraction of sp³-hybridized carbons (Fsp3) is 0.391. The van der Waals surface area contributed by atoms with Crippen molar-refractivity contribution in [1.29, 1.82) is 0 Å². The molecular formula is C23H27N5O2S. The van der Waals surface area contributed by atoms with Crippen molar-refractivity contribution in [3.05, 3.63) is 48.8 Å². The van der Waals surface area contributed by atoms with Crippen LogP contribution in [0.4, 0.5) is 5.69 Å². The van der Waals surface area contributed by atoms with Crippen LogP contribution >= 0.6 is 11.8 Å². The Labute approximate surface area is 186 Å². The molecule has 7 nitrogen and oxygen atoms in total. The van der Waals surface area contributed by atoms with Crippen LogP contribution in [0.2, 0.25) is 0 Å². The first-order chi connectivity index (χ1) is 15.2. The summed E-state index contributed by atoms with van der Waals surface area (Å²) in [4.78, 5) is 16.9. The Balaban J connectivity index is 1.55. The molecule has 31 heavy (non-hydrogen) atoms. The van der Waals surface area contributed by atoms with Crippen LogP contribution in [0.5, 0.6) is 5.75 Å². The minimum absolute atomic E-state index is 0.108. The molecule has 162 valence electrons. The van der Waals surface area contributed by atoms with Crippen LogP contribution in [-0.2, 0) is 4.79 Å². The standard InChI is InChI=1S/C23H27N5O2S/c1-16-8-3-5-11-19(16)28-22(17-9-7-13-24-14-17)26-27-23(28)31-15-21(29)25-18-10-4-6-12-20(18)30-2/h4,6-7,9-10,12-14,16,19H,3,5,8,11,15H2,1-2H3,(H,25,29)/t16-,19+/m1/s1. The van der Waals surface area contributed by atoms with E-state index < -0.39 is 0 Å². The number of aromatic nitrogens is 4. The molecule has 4 rings (SSSR count). The van der Waals surface area contributed by atoms with Gasteiger partial charge in [-0.3, -0.25) is 14.3 Å². The highest BCUT2D eigenvalue weighted by Gasteiger charge is 2.29. The molecule has 0 saturated heterocycles. The molecule has 1 N–H and O–H groups in total. The molecule has 0 unspecified atom stereocenters. The number of pyridine rings is 1. The average Bonchev–Trinajstić information content (AvgIpc) is 3.22. The Morgan fingerprint density at radius 2 is 2.03 bits per heavy atom. The van der Waals surface area contributed by atoms with E-state index in [1.807, 2.05) is 42.6 Å². The van der Waals surface area contributed by atoms with Crippen molar-refractivity contribution in [1.82, 2.24) is 19.7 Å². The number of carbonyl (C=O) groups excluding carboxylic acids is 1. The number of hydrogen-bond donors (Lipinski definition) is 1. The fourth-order valence-corrected chi connectivity index (χ4v) is 4.90. The number of benzene rings is 1. The van der Waals surface area contributed by atoms with Crippen LogP contribution in [0.1, 0.15) is 38.6 Å². The number of hydrogen-bond acceptors (Lipinski definition) is 6. The quantitative estimate of drug-likeness (QED) is 0.533. The lowest BCUT2D eigenvalue weighted by Crippen LogP contribution is -2.23. The molecule has 2 atom stereocenters. The summed E-state index contributed by atoms with van der Waals surface area (Å²) < 4.78 is 7.54. The molecule has 0 spiro atoms. The van der Waals surface area contributed by atoms with E-state index in [2.05, 4.69) is 32.0 Å². The zero-order valence-corrected chi connectivity index (χ0v) is 18.6. The molecule has 0 radical (unpaired) electrons. The van der Waals surface area contributed by atoms with Gasteiger partial charge < -0.3 is 10.1 Å². The molecule has 8 heteroatoms. The lowest BCUT2D eigenvalue weighted by Gasteiger charge is -2.31. The Morgan fingerprint density at radius 3 is 2.81 bits per heavy atom. The molecule has 1 aliphatic rings. The summed E-state index contributed by atoms with van der Waals surface area (Å²) >= 11 is 1.42. The number of thioether (sulfide) groups is 1. The molecule has 1 fully saturated rings. The van der Waals surface area contributed by atoms with E-state index >= 15 is 0 Å². The van der Waals surface area contributed by atoms with Crippen molar-refractivity contribution in [2.75, 3.05) is 18.2 Å². The minimum atomic E-state index is -0.108. The van der Waals surface area contributed by atoms with Crippen molar-refractivity contribution >= 4 is 23.4 Å². The Morgan fingerprint density at radius 1 is 1.19 bits per heavy atom.